The first-order valence-corrected chi connectivity index (χ1v) is 6.26. The van der Waals surface area contributed by atoms with E-state index >= 15 is 0 Å². The van der Waals surface area contributed by atoms with Crippen LogP contribution in [0, 0.1) is 6.92 Å². The Kier molecular flexibility index (Phi) is 3.78. The Labute approximate surface area is 107 Å². The summed E-state index contributed by atoms with van der Waals surface area (Å²) in [5, 5.41) is 0. The molecular formula is C16H17NO. The summed E-state index contributed by atoms with van der Waals surface area (Å²) in [6.45, 7) is 6.06. The van der Waals surface area contributed by atoms with Gasteiger partial charge in [-0.2, -0.15) is 0 Å². The van der Waals surface area contributed by atoms with Crippen molar-refractivity contribution < 1.29 is 4.42 Å². The lowest BCUT2D eigenvalue weighted by molar-refractivity contribution is 0.619. The molecule has 0 aliphatic carbocycles. The van der Waals surface area contributed by atoms with Gasteiger partial charge >= 0.3 is 0 Å². The van der Waals surface area contributed by atoms with Crippen LogP contribution >= 0.6 is 0 Å². The zero-order chi connectivity index (χ0) is 13.0. The van der Waals surface area contributed by atoms with Crippen LogP contribution in [0.15, 0.2) is 52.9 Å². The number of hydrogen-bond donors (Lipinski definition) is 0. The molecule has 0 aliphatic rings. The minimum absolute atomic E-state index is 0.694. The fourth-order valence-electron chi connectivity index (χ4n) is 1.80. The second-order valence-corrected chi connectivity index (χ2v) is 3.80. The van der Waals surface area contributed by atoms with Crippen molar-refractivity contribution in [2.45, 2.75) is 20.8 Å². The van der Waals surface area contributed by atoms with Crippen LogP contribution in [-0.2, 0) is 0 Å². The van der Waals surface area contributed by atoms with Gasteiger partial charge in [0, 0.05) is 5.56 Å². The van der Waals surface area contributed by atoms with Crippen molar-refractivity contribution in [3.63, 3.8) is 0 Å². The monoisotopic (exact) mass is 239 g/mol. The molecule has 1 aromatic heterocycles. The van der Waals surface area contributed by atoms with Crippen molar-refractivity contribution >= 4 is 11.1 Å². The van der Waals surface area contributed by atoms with Gasteiger partial charge in [0.05, 0.1) is 0 Å². The Morgan fingerprint density at radius 3 is 2.28 bits per heavy atom. The molecule has 2 heteroatoms. The number of fused-ring (bicyclic) bond motifs is 1. The lowest BCUT2D eigenvalue weighted by Gasteiger charge is -1.98. The molecule has 3 aromatic rings. The molecule has 0 bridgehead atoms. The van der Waals surface area contributed by atoms with Gasteiger partial charge in [0.15, 0.2) is 5.58 Å². The van der Waals surface area contributed by atoms with Crippen molar-refractivity contribution in [3.8, 4) is 11.5 Å². The molecular weight excluding hydrogens is 222 g/mol. The minimum Gasteiger partial charge on any atom is -0.436 e. The highest BCUT2D eigenvalue weighted by atomic mass is 16.3. The number of benzene rings is 2. The predicted octanol–water partition coefficient (Wildman–Crippen LogP) is 4.83. The van der Waals surface area contributed by atoms with E-state index in [1.807, 2.05) is 56.3 Å². The topological polar surface area (TPSA) is 26.0 Å². The van der Waals surface area contributed by atoms with Crippen LogP contribution in [0.2, 0.25) is 0 Å². The van der Waals surface area contributed by atoms with Crippen molar-refractivity contribution in [1.82, 2.24) is 4.98 Å². The van der Waals surface area contributed by atoms with Gasteiger partial charge in [-0.25, -0.2) is 4.98 Å². The van der Waals surface area contributed by atoms with E-state index in [4.69, 9.17) is 4.42 Å². The average Bonchev–Trinajstić information content (AvgIpc) is 2.85. The number of hydrogen-bond acceptors (Lipinski definition) is 2. The van der Waals surface area contributed by atoms with E-state index in [0.29, 0.717) is 5.89 Å². The van der Waals surface area contributed by atoms with Crippen molar-refractivity contribution in [2.75, 3.05) is 0 Å². The Morgan fingerprint density at radius 1 is 0.889 bits per heavy atom. The van der Waals surface area contributed by atoms with Gasteiger partial charge in [-0.1, -0.05) is 44.2 Å². The summed E-state index contributed by atoms with van der Waals surface area (Å²) in [6.07, 6.45) is 0. The van der Waals surface area contributed by atoms with Crippen LogP contribution in [0.3, 0.4) is 0 Å². The summed E-state index contributed by atoms with van der Waals surface area (Å²) in [7, 11) is 0. The van der Waals surface area contributed by atoms with E-state index in [2.05, 4.69) is 18.0 Å². The molecule has 2 nitrogen and oxygen atoms in total. The molecule has 0 fully saturated rings. The van der Waals surface area contributed by atoms with E-state index in [0.717, 1.165) is 16.7 Å². The number of para-hydroxylation sites is 2. The summed E-state index contributed by atoms with van der Waals surface area (Å²) in [6, 6.07) is 15.9. The third-order valence-electron chi connectivity index (χ3n) is 2.67. The highest BCUT2D eigenvalue weighted by Gasteiger charge is 2.08. The van der Waals surface area contributed by atoms with Gasteiger partial charge in [-0.3, -0.25) is 0 Å². The zero-order valence-corrected chi connectivity index (χ0v) is 11.0. The average molecular weight is 239 g/mol. The molecule has 0 saturated heterocycles. The number of nitrogens with zero attached hydrogens (tertiary/aromatic N) is 1. The third-order valence-corrected chi connectivity index (χ3v) is 2.67. The first-order valence-electron chi connectivity index (χ1n) is 6.26. The van der Waals surface area contributed by atoms with E-state index in [1.165, 1.54) is 5.56 Å². The molecule has 3 rings (SSSR count). The lowest BCUT2D eigenvalue weighted by atomic mass is 10.1. The van der Waals surface area contributed by atoms with Crippen LogP contribution in [0.1, 0.15) is 19.4 Å². The Balaban J connectivity index is 0.000000574. The quantitative estimate of drug-likeness (QED) is 0.608. The molecule has 0 unspecified atom stereocenters. The fraction of sp³-hybridized carbons (Fsp3) is 0.188. The normalized spacial score (nSPS) is 9.94. The summed E-state index contributed by atoms with van der Waals surface area (Å²) in [4.78, 5) is 4.48. The first-order chi connectivity index (χ1) is 8.84. The smallest absolute Gasteiger partial charge is 0.227 e. The minimum atomic E-state index is 0.694. The zero-order valence-electron chi connectivity index (χ0n) is 11.0. The Bertz CT molecular complexity index is 607. The Morgan fingerprint density at radius 2 is 1.56 bits per heavy atom. The summed E-state index contributed by atoms with van der Waals surface area (Å²) in [5.41, 5.74) is 3.97. The number of aromatic nitrogens is 1. The van der Waals surface area contributed by atoms with Gasteiger partial charge in [-0.05, 0) is 30.7 Å². The van der Waals surface area contributed by atoms with Gasteiger partial charge in [0.2, 0.25) is 5.89 Å². The molecule has 0 aliphatic heterocycles. The van der Waals surface area contributed by atoms with Gasteiger partial charge in [0.1, 0.15) is 5.52 Å². The van der Waals surface area contributed by atoms with Crippen molar-refractivity contribution in [1.29, 1.82) is 0 Å². The summed E-state index contributed by atoms with van der Waals surface area (Å²) in [5.74, 6) is 0.694. The highest BCUT2D eigenvalue weighted by molar-refractivity contribution is 5.76. The predicted molar refractivity (Wildman–Crippen MR) is 75.5 cm³/mol. The molecule has 0 saturated carbocycles. The van der Waals surface area contributed by atoms with Crippen LogP contribution in [0.25, 0.3) is 22.6 Å². The van der Waals surface area contributed by atoms with Gasteiger partial charge in [0.25, 0.3) is 0 Å². The van der Waals surface area contributed by atoms with Gasteiger partial charge < -0.3 is 4.42 Å². The molecule has 92 valence electrons. The van der Waals surface area contributed by atoms with Crippen molar-refractivity contribution in [2.24, 2.45) is 0 Å². The molecule has 18 heavy (non-hydrogen) atoms. The standard InChI is InChI=1S/C14H11NO.C2H6/c1-10-6-2-3-7-11(10)14-15-12-8-4-5-9-13(12)16-14;1-2/h2-9H,1H3;1-2H3. The molecule has 0 spiro atoms. The highest BCUT2D eigenvalue weighted by Crippen LogP contribution is 2.26. The fourth-order valence-corrected chi connectivity index (χ4v) is 1.80. The van der Waals surface area contributed by atoms with Crippen LogP contribution in [-0.4, -0.2) is 4.98 Å². The third kappa shape index (κ3) is 2.28. The SMILES string of the molecule is CC.Cc1ccccc1-c1nc2ccccc2o1. The van der Waals surface area contributed by atoms with Crippen LogP contribution < -0.4 is 0 Å². The van der Waals surface area contributed by atoms with Crippen LogP contribution in [0.5, 0.6) is 0 Å². The summed E-state index contributed by atoms with van der Waals surface area (Å²) >= 11 is 0. The first kappa shape index (κ1) is 12.4. The van der Waals surface area contributed by atoms with Crippen molar-refractivity contribution in [3.05, 3.63) is 54.1 Å². The van der Waals surface area contributed by atoms with Gasteiger partial charge in [-0.15, -0.1) is 0 Å². The molecule has 0 atom stereocenters. The largest absolute Gasteiger partial charge is 0.436 e. The molecule has 1 heterocycles. The molecule has 0 N–H and O–H groups in total. The van der Waals surface area contributed by atoms with E-state index in [-0.39, 0.29) is 0 Å². The maximum Gasteiger partial charge on any atom is 0.227 e. The number of oxazole rings is 1. The van der Waals surface area contributed by atoms with E-state index in [9.17, 15) is 0 Å². The van der Waals surface area contributed by atoms with E-state index in [1.54, 1.807) is 0 Å². The maximum absolute atomic E-state index is 5.72. The maximum atomic E-state index is 5.72. The molecule has 2 aromatic carbocycles. The molecule has 0 amide bonds. The second kappa shape index (κ2) is 5.50. The molecule has 0 radical (unpaired) electrons. The Hall–Kier alpha value is -2.09. The lowest BCUT2D eigenvalue weighted by Crippen LogP contribution is -1.81. The summed E-state index contributed by atoms with van der Waals surface area (Å²) < 4.78 is 5.72. The number of aryl methyl sites for hydroxylation is 1. The number of rotatable bonds is 1. The second-order valence-electron chi connectivity index (χ2n) is 3.80. The van der Waals surface area contributed by atoms with Crippen LogP contribution in [0.4, 0.5) is 0 Å². The van der Waals surface area contributed by atoms with E-state index < -0.39 is 0 Å².